The molecule has 1 aliphatic heterocycles. The first kappa shape index (κ1) is 19.6. The number of hydrogen-bond acceptors (Lipinski definition) is 5. The van der Waals surface area contributed by atoms with Crippen LogP contribution < -0.4 is 0 Å². The third kappa shape index (κ3) is 4.53. The van der Waals surface area contributed by atoms with Gasteiger partial charge < -0.3 is 14.6 Å². The number of amides is 1. The SMILES string of the molecule is COC(=O)[C@]1(CCCO)CC(C(F)F)CN1C(=O)OC(C)(C)C. The molecule has 1 aliphatic rings. The predicted octanol–water partition coefficient (Wildman–Crippen LogP) is 2.19. The number of carbonyl (C=O) groups excluding carboxylic acids is 2. The second-order valence-electron chi connectivity index (χ2n) is 6.74. The monoisotopic (exact) mass is 337 g/mol. The fourth-order valence-electron chi connectivity index (χ4n) is 2.85. The fraction of sp³-hybridized carbons (Fsp3) is 0.867. The van der Waals surface area contributed by atoms with E-state index >= 15 is 0 Å². The van der Waals surface area contributed by atoms with Gasteiger partial charge in [-0.05, 0) is 40.0 Å². The highest BCUT2D eigenvalue weighted by Crippen LogP contribution is 2.41. The Morgan fingerprint density at radius 1 is 1.39 bits per heavy atom. The molecule has 0 bridgehead atoms. The summed E-state index contributed by atoms with van der Waals surface area (Å²) in [6, 6.07) is 0. The fourth-order valence-corrected chi connectivity index (χ4v) is 2.85. The highest BCUT2D eigenvalue weighted by molar-refractivity contribution is 5.86. The van der Waals surface area contributed by atoms with Gasteiger partial charge in [0.2, 0.25) is 6.43 Å². The molecular formula is C15H25F2NO5. The molecule has 0 aliphatic carbocycles. The van der Waals surface area contributed by atoms with Crippen LogP contribution in [0.15, 0.2) is 0 Å². The molecule has 0 radical (unpaired) electrons. The van der Waals surface area contributed by atoms with Crippen molar-refractivity contribution in [3.8, 4) is 0 Å². The number of hydrogen-bond donors (Lipinski definition) is 1. The van der Waals surface area contributed by atoms with Gasteiger partial charge in [-0.25, -0.2) is 18.4 Å². The Morgan fingerprint density at radius 3 is 2.43 bits per heavy atom. The van der Waals surface area contributed by atoms with E-state index in [1.807, 2.05) is 0 Å². The number of aliphatic hydroxyl groups is 1. The molecule has 0 saturated carbocycles. The summed E-state index contributed by atoms with van der Waals surface area (Å²) in [5, 5.41) is 9.05. The molecule has 134 valence electrons. The summed E-state index contributed by atoms with van der Waals surface area (Å²) in [5.74, 6) is -1.90. The summed E-state index contributed by atoms with van der Waals surface area (Å²) >= 11 is 0. The normalized spacial score (nSPS) is 24.9. The lowest BCUT2D eigenvalue weighted by molar-refractivity contribution is -0.154. The second kappa shape index (κ2) is 7.42. The van der Waals surface area contributed by atoms with E-state index in [-0.39, 0.29) is 32.4 Å². The zero-order valence-corrected chi connectivity index (χ0v) is 14.0. The number of carbonyl (C=O) groups is 2. The number of nitrogens with zero attached hydrogens (tertiary/aromatic N) is 1. The van der Waals surface area contributed by atoms with Gasteiger partial charge in [-0.3, -0.25) is 4.90 Å². The van der Waals surface area contributed by atoms with E-state index in [9.17, 15) is 18.4 Å². The first-order chi connectivity index (χ1) is 10.6. The van der Waals surface area contributed by atoms with Crippen LogP contribution in [0.25, 0.3) is 0 Å². The Labute approximate surface area is 134 Å². The van der Waals surface area contributed by atoms with Crippen LogP contribution in [-0.2, 0) is 14.3 Å². The highest BCUT2D eigenvalue weighted by Gasteiger charge is 2.56. The number of alkyl halides is 2. The Kier molecular flexibility index (Phi) is 6.33. The summed E-state index contributed by atoms with van der Waals surface area (Å²) in [5.41, 5.74) is -2.35. The lowest BCUT2D eigenvalue weighted by Gasteiger charge is -2.36. The maximum atomic E-state index is 13.2. The molecule has 1 N–H and O–H groups in total. The van der Waals surface area contributed by atoms with E-state index < -0.39 is 35.5 Å². The average molecular weight is 337 g/mol. The van der Waals surface area contributed by atoms with Crippen molar-refractivity contribution in [1.82, 2.24) is 4.90 Å². The van der Waals surface area contributed by atoms with Crippen LogP contribution in [0.5, 0.6) is 0 Å². The van der Waals surface area contributed by atoms with Gasteiger partial charge in [0.25, 0.3) is 0 Å². The summed E-state index contributed by atoms with van der Waals surface area (Å²) < 4.78 is 36.3. The average Bonchev–Trinajstić information content (AvgIpc) is 2.83. The molecule has 6 nitrogen and oxygen atoms in total. The summed E-state index contributed by atoms with van der Waals surface area (Å²) in [6.07, 6.45) is -3.48. The molecule has 2 atom stereocenters. The zero-order valence-electron chi connectivity index (χ0n) is 14.0. The standard InChI is InChI=1S/C15H25F2NO5/c1-14(2,3)23-13(21)18-9-10(11(16)17)8-15(18,6-5-7-19)12(20)22-4/h10-11,19H,5-9H2,1-4H3/t10?,15-/m0/s1. The molecule has 0 aromatic rings. The van der Waals surface area contributed by atoms with Crippen molar-refractivity contribution >= 4 is 12.1 Å². The van der Waals surface area contributed by atoms with Gasteiger partial charge in [-0.1, -0.05) is 0 Å². The van der Waals surface area contributed by atoms with Gasteiger partial charge in [0.05, 0.1) is 7.11 Å². The minimum Gasteiger partial charge on any atom is -0.467 e. The minimum absolute atomic E-state index is 0.0403. The van der Waals surface area contributed by atoms with Crippen LogP contribution in [0.3, 0.4) is 0 Å². The minimum atomic E-state index is -2.67. The van der Waals surface area contributed by atoms with Crippen LogP contribution in [-0.4, -0.2) is 59.9 Å². The number of halogens is 2. The Balaban J connectivity index is 3.17. The molecule has 1 fully saturated rings. The van der Waals surface area contributed by atoms with Crippen molar-refractivity contribution in [2.75, 3.05) is 20.3 Å². The molecule has 1 unspecified atom stereocenters. The Hall–Kier alpha value is -1.44. The van der Waals surface area contributed by atoms with E-state index in [2.05, 4.69) is 0 Å². The lowest BCUT2D eigenvalue weighted by atomic mass is 9.87. The smallest absolute Gasteiger partial charge is 0.411 e. The van der Waals surface area contributed by atoms with E-state index in [0.717, 1.165) is 12.0 Å². The number of rotatable bonds is 5. The van der Waals surface area contributed by atoms with Crippen molar-refractivity contribution in [3.05, 3.63) is 0 Å². The van der Waals surface area contributed by atoms with Crippen molar-refractivity contribution in [2.45, 2.75) is 57.6 Å². The molecule has 1 rings (SSSR count). The van der Waals surface area contributed by atoms with Gasteiger partial charge in [0, 0.05) is 19.1 Å². The van der Waals surface area contributed by atoms with Crippen molar-refractivity contribution in [3.63, 3.8) is 0 Å². The molecule has 1 heterocycles. The number of methoxy groups -OCH3 is 1. The summed E-state index contributed by atoms with van der Waals surface area (Å²) in [7, 11) is 1.14. The Bertz CT molecular complexity index is 438. The van der Waals surface area contributed by atoms with E-state index in [4.69, 9.17) is 14.6 Å². The topological polar surface area (TPSA) is 76.1 Å². The first-order valence-corrected chi connectivity index (χ1v) is 7.55. The van der Waals surface area contributed by atoms with E-state index in [0.29, 0.717) is 0 Å². The number of ether oxygens (including phenoxy) is 2. The van der Waals surface area contributed by atoms with Crippen molar-refractivity contribution in [1.29, 1.82) is 0 Å². The van der Waals surface area contributed by atoms with Crippen LogP contribution in [0, 0.1) is 5.92 Å². The number of esters is 1. The third-order valence-corrected chi connectivity index (χ3v) is 3.82. The van der Waals surface area contributed by atoms with Crippen molar-refractivity contribution in [2.24, 2.45) is 5.92 Å². The van der Waals surface area contributed by atoms with Gasteiger partial charge in [-0.2, -0.15) is 0 Å². The van der Waals surface area contributed by atoms with E-state index in [1.54, 1.807) is 20.8 Å². The van der Waals surface area contributed by atoms with Crippen LogP contribution in [0.1, 0.15) is 40.0 Å². The molecule has 0 spiro atoms. The second-order valence-corrected chi connectivity index (χ2v) is 6.74. The lowest BCUT2D eigenvalue weighted by Crippen LogP contribution is -2.54. The molecule has 8 heteroatoms. The molecule has 23 heavy (non-hydrogen) atoms. The van der Waals surface area contributed by atoms with E-state index in [1.165, 1.54) is 0 Å². The van der Waals surface area contributed by atoms with Gasteiger partial charge in [0.15, 0.2) is 0 Å². The molecule has 0 aromatic carbocycles. The molecule has 1 saturated heterocycles. The van der Waals surface area contributed by atoms with Crippen LogP contribution >= 0.6 is 0 Å². The van der Waals surface area contributed by atoms with Crippen LogP contribution in [0.2, 0.25) is 0 Å². The van der Waals surface area contributed by atoms with Gasteiger partial charge >= 0.3 is 12.1 Å². The zero-order chi connectivity index (χ0) is 17.8. The van der Waals surface area contributed by atoms with Crippen LogP contribution in [0.4, 0.5) is 13.6 Å². The number of aliphatic hydroxyl groups excluding tert-OH is 1. The quantitative estimate of drug-likeness (QED) is 0.778. The Morgan fingerprint density at radius 2 is 2.00 bits per heavy atom. The van der Waals surface area contributed by atoms with Crippen molar-refractivity contribution < 1.29 is 33.0 Å². The summed E-state index contributed by atoms with van der Waals surface area (Å²) in [6.45, 7) is 4.45. The highest BCUT2D eigenvalue weighted by atomic mass is 19.3. The maximum absolute atomic E-state index is 13.2. The number of likely N-dealkylation sites (tertiary alicyclic amines) is 1. The first-order valence-electron chi connectivity index (χ1n) is 7.55. The maximum Gasteiger partial charge on any atom is 0.411 e. The van der Waals surface area contributed by atoms with Gasteiger partial charge in [-0.15, -0.1) is 0 Å². The summed E-state index contributed by atoms with van der Waals surface area (Å²) in [4.78, 5) is 25.7. The molecule has 1 amide bonds. The molecule has 0 aromatic heterocycles. The predicted molar refractivity (Wildman–Crippen MR) is 78.1 cm³/mol. The van der Waals surface area contributed by atoms with Gasteiger partial charge in [0.1, 0.15) is 11.1 Å². The third-order valence-electron chi connectivity index (χ3n) is 3.82. The largest absolute Gasteiger partial charge is 0.467 e. The molecular weight excluding hydrogens is 312 g/mol.